The van der Waals surface area contributed by atoms with Crippen LogP contribution in [0, 0.1) is 19.7 Å². The fraction of sp³-hybridized carbons (Fsp3) is 0.250. The molecule has 0 radical (unpaired) electrons. The molecule has 6 nitrogen and oxygen atoms in total. The van der Waals surface area contributed by atoms with Gasteiger partial charge in [0.2, 0.25) is 0 Å². The van der Waals surface area contributed by atoms with E-state index in [1.807, 2.05) is 62.4 Å². The van der Waals surface area contributed by atoms with Crippen LogP contribution in [0.5, 0.6) is 11.5 Å². The Morgan fingerprint density at radius 2 is 1.83 bits per heavy atom. The zero-order chi connectivity index (χ0) is 24.9. The minimum Gasteiger partial charge on any atom is -0.486 e. The molecule has 0 fully saturated rings. The standard InChI is InChI=1S/C28H28FNO5/c1-17-6-7-19(15-30-24(16-31)28(32)33)14-21(17)9-8-20-4-3-5-22(18(20)2)23-10-11-25-27(26(23)29)35-13-12-34-25/h3-11,14,24,30-31H,12-13,15-16H2,1-2H3,(H,32,33). The lowest BCUT2D eigenvalue weighted by Crippen LogP contribution is -2.39. The summed E-state index contributed by atoms with van der Waals surface area (Å²) in [5.41, 5.74) is 6.07. The number of aliphatic carboxylic acids is 1. The first-order chi connectivity index (χ1) is 16.9. The van der Waals surface area contributed by atoms with Crippen LogP contribution in [0.2, 0.25) is 0 Å². The van der Waals surface area contributed by atoms with Crippen molar-refractivity contribution in [3.63, 3.8) is 0 Å². The number of rotatable bonds is 8. The van der Waals surface area contributed by atoms with Crippen molar-refractivity contribution in [3.8, 4) is 22.6 Å². The summed E-state index contributed by atoms with van der Waals surface area (Å²) in [7, 11) is 0. The van der Waals surface area contributed by atoms with Gasteiger partial charge in [-0.05, 0) is 59.4 Å². The van der Waals surface area contributed by atoms with E-state index in [1.54, 1.807) is 12.1 Å². The van der Waals surface area contributed by atoms with Crippen LogP contribution in [0.4, 0.5) is 4.39 Å². The van der Waals surface area contributed by atoms with Gasteiger partial charge in [-0.25, -0.2) is 4.39 Å². The highest BCUT2D eigenvalue weighted by atomic mass is 19.1. The van der Waals surface area contributed by atoms with Crippen molar-refractivity contribution in [2.45, 2.75) is 26.4 Å². The molecule has 35 heavy (non-hydrogen) atoms. The van der Waals surface area contributed by atoms with Gasteiger partial charge >= 0.3 is 5.97 Å². The molecule has 182 valence electrons. The van der Waals surface area contributed by atoms with E-state index in [9.17, 15) is 9.90 Å². The molecule has 0 aromatic heterocycles. The molecule has 1 unspecified atom stereocenters. The Morgan fingerprint density at radius 1 is 1.06 bits per heavy atom. The molecular weight excluding hydrogens is 449 g/mol. The summed E-state index contributed by atoms with van der Waals surface area (Å²) in [6.07, 6.45) is 3.98. The predicted octanol–water partition coefficient (Wildman–Crippen LogP) is 4.59. The van der Waals surface area contributed by atoms with Gasteiger partial charge in [0.25, 0.3) is 0 Å². The van der Waals surface area contributed by atoms with Crippen LogP contribution >= 0.6 is 0 Å². The van der Waals surface area contributed by atoms with Crippen LogP contribution in [0.15, 0.2) is 48.5 Å². The van der Waals surface area contributed by atoms with Crippen LogP contribution < -0.4 is 14.8 Å². The fourth-order valence-corrected chi connectivity index (χ4v) is 4.05. The summed E-state index contributed by atoms with van der Waals surface area (Å²) in [6.45, 7) is 4.52. The lowest BCUT2D eigenvalue weighted by atomic mass is 9.94. The number of nitrogens with one attached hydrogen (secondary N) is 1. The summed E-state index contributed by atoms with van der Waals surface area (Å²) in [5, 5.41) is 21.1. The molecule has 0 bridgehead atoms. The zero-order valence-corrected chi connectivity index (χ0v) is 19.7. The number of carbonyl (C=O) groups is 1. The van der Waals surface area contributed by atoms with Crippen molar-refractivity contribution >= 4 is 18.1 Å². The fourth-order valence-electron chi connectivity index (χ4n) is 4.05. The lowest BCUT2D eigenvalue weighted by molar-refractivity contribution is -0.140. The Bertz CT molecular complexity index is 1270. The van der Waals surface area contributed by atoms with Gasteiger partial charge in [-0.15, -0.1) is 0 Å². The number of benzene rings is 3. The molecule has 3 N–H and O–H groups in total. The molecule has 1 atom stereocenters. The summed E-state index contributed by atoms with van der Waals surface area (Å²) in [6, 6.07) is 14.1. The maximum atomic E-state index is 15.2. The number of ether oxygens (including phenoxy) is 2. The van der Waals surface area contributed by atoms with E-state index < -0.39 is 24.4 Å². The second kappa shape index (κ2) is 10.7. The third kappa shape index (κ3) is 5.37. The number of hydrogen-bond donors (Lipinski definition) is 3. The first-order valence-corrected chi connectivity index (χ1v) is 11.4. The van der Waals surface area contributed by atoms with Gasteiger partial charge in [-0.2, -0.15) is 0 Å². The van der Waals surface area contributed by atoms with Crippen molar-refractivity contribution in [3.05, 3.63) is 82.2 Å². The Kier molecular flexibility index (Phi) is 7.48. The molecule has 7 heteroatoms. The number of aliphatic hydroxyl groups excluding tert-OH is 1. The van der Waals surface area contributed by atoms with Gasteiger partial charge in [0.05, 0.1) is 6.61 Å². The maximum absolute atomic E-state index is 15.2. The lowest BCUT2D eigenvalue weighted by Gasteiger charge is -2.20. The summed E-state index contributed by atoms with van der Waals surface area (Å²) < 4.78 is 26.2. The Labute approximate surface area is 203 Å². The summed E-state index contributed by atoms with van der Waals surface area (Å²) in [4.78, 5) is 11.1. The van der Waals surface area contributed by atoms with Gasteiger partial charge in [0.15, 0.2) is 17.3 Å². The summed E-state index contributed by atoms with van der Waals surface area (Å²) >= 11 is 0. The van der Waals surface area contributed by atoms with E-state index in [0.29, 0.717) is 31.1 Å². The monoisotopic (exact) mass is 477 g/mol. The van der Waals surface area contributed by atoms with Crippen molar-refractivity contribution < 1.29 is 28.9 Å². The van der Waals surface area contributed by atoms with Crippen molar-refractivity contribution in [1.29, 1.82) is 0 Å². The Hall–Kier alpha value is -3.68. The second-order valence-corrected chi connectivity index (χ2v) is 8.45. The van der Waals surface area contributed by atoms with Crippen LogP contribution in [0.3, 0.4) is 0 Å². The molecule has 0 spiro atoms. The molecule has 0 saturated carbocycles. The van der Waals surface area contributed by atoms with Crippen molar-refractivity contribution in [2.24, 2.45) is 0 Å². The molecule has 4 rings (SSSR count). The van der Waals surface area contributed by atoms with E-state index in [2.05, 4.69) is 5.32 Å². The highest BCUT2D eigenvalue weighted by molar-refractivity contribution is 5.79. The molecule has 0 amide bonds. The number of aliphatic hydroxyl groups is 1. The molecule has 0 saturated heterocycles. The number of hydrogen-bond acceptors (Lipinski definition) is 5. The molecule has 1 aliphatic heterocycles. The van der Waals surface area contributed by atoms with Crippen molar-refractivity contribution in [1.82, 2.24) is 5.32 Å². The van der Waals surface area contributed by atoms with Gasteiger partial charge in [0.1, 0.15) is 19.3 Å². The largest absolute Gasteiger partial charge is 0.486 e. The van der Waals surface area contributed by atoms with Gasteiger partial charge in [-0.1, -0.05) is 48.6 Å². The average molecular weight is 478 g/mol. The Morgan fingerprint density at radius 3 is 2.60 bits per heavy atom. The number of halogens is 1. The topological polar surface area (TPSA) is 88.0 Å². The quantitative estimate of drug-likeness (QED) is 0.412. The van der Waals surface area contributed by atoms with Crippen LogP contribution in [-0.4, -0.2) is 42.0 Å². The maximum Gasteiger partial charge on any atom is 0.323 e. The van der Waals surface area contributed by atoms with E-state index in [0.717, 1.165) is 33.4 Å². The first-order valence-electron chi connectivity index (χ1n) is 11.4. The minimum atomic E-state index is -1.09. The number of fused-ring (bicyclic) bond motifs is 1. The van der Waals surface area contributed by atoms with E-state index in [1.165, 1.54) is 0 Å². The van der Waals surface area contributed by atoms with Crippen LogP contribution in [0.25, 0.3) is 23.3 Å². The van der Waals surface area contributed by atoms with Crippen LogP contribution in [-0.2, 0) is 11.3 Å². The third-order valence-corrected chi connectivity index (χ3v) is 6.13. The van der Waals surface area contributed by atoms with Crippen molar-refractivity contribution in [2.75, 3.05) is 19.8 Å². The molecule has 0 aliphatic carbocycles. The number of aryl methyl sites for hydroxylation is 1. The Balaban J connectivity index is 1.59. The average Bonchev–Trinajstić information content (AvgIpc) is 2.86. The van der Waals surface area contributed by atoms with Crippen LogP contribution in [0.1, 0.15) is 27.8 Å². The smallest absolute Gasteiger partial charge is 0.323 e. The summed E-state index contributed by atoms with van der Waals surface area (Å²) in [5.74, 6) is -0.944. The normalized spacial score (nSPS) is 13.7. The SMILES string of the molecule is Cc1ccc(CNC(CO)C(=O)O)cc1C=Cc1cccc(-c2ccc3c(c2F)OCCO3)c1C. The highest BCUT2D eigenvalue weighted by Gasteiger charge is 2.21. The van der Waals surface area contributed by atoms with E-state index in [4.69, 9.17) is 14.6 Å². The zero-order valence-electron chi connectivity index (χ0n) is 19.7. The molecule has 1 heterocycles. The molecule has 3 aromatic rings. The second-order valence-electron chi connectivity index (χ2n) is 8.45. The molecule has 3 aromatic carbocycles. The number of carboxylic acids is 1. The minimum absolute atomic E-state index is 0.154. The van der Waals surface area contributed by atoms with Gasteiger partial charge in [-0.3, -0.25) is 10.1 Å². The van der Waals surface area contributed by atoms with Gasteiger partial charge in [0, 0.05) is 12.1 Å². The predicted molar refractivity (Wildman–Crippen MR) is 133 cm³/mol. The van der Waals surface area contributed by atoms with E-state index in [-0.39, 0.29) is 5.75 Å². The third-order valence-electron chi connectivity index (χ3n) is 6.13. The molecule has 1 aliphatic rings. The number of carboxylic acid groups (broad SMARTS) is 1. The highest BCUT2D eigenvalue weighted by Crippen LogP contribution is 2.39. The first kappa shape index (κ1) is 24.4. The van der Waals surface area contributed by atoms with E-state index >= 15 is 4.39 Å². The molecular formula is C28H28FNO5. The van der Waals surface area contributed by atoms with Gasteiger partial charge < -0.3 is 19.7 Å².